The quantitative estimate of drug-likeness (QED) is 0.613. The van der Waals surface area contributed by atoms with Gasteiger partial charge >= 0.3 is 0 Å². The van der Waals surface area contributed by atoms with E-state index in [0.29, 0.717) is 10.9 Å². The summed E-state index contributed by atoms with van der Waals surface area (Å²) in [7, 11) is 0.991. The second-order valence-corrected chi connectivity index (χ2v) is 4.25. The van der Waals surface area contributed by atoms with Crippen LogP contribution in [0.4, 0.5) is 0 Å². The summed E-state index contributed by atoms with van der Waals surface area (Å²) in [5.41, 5.74) is 0. The molecule has 0 rings (SSSR count). The Bertz CT molecular complexity index is 161. The van der Waals surface area contributed by atoms with Crippen LogP contribution in [0.5, 0.6) is 0 Å². The van der Waals surface area contributed by atoms with E-state index < -0.39 is 10.8 Å². The maximum Gasteiger partial charge on any atom is 0.166 e. The summed E-state index contributed by atoms with van der Waals surface area (Å²) in [6, 6.07) is 0.167. The van der Waals surface area contributed by atoms with Crippen molar-refractivity contribution in [3.63, 3.8) is 0 Å². The molecule has 0 aromatic rings. The maximum atomic E-state index is 10.7. The molecule has 0 radical (unpaired) electrons. The molecule has 0 spiro atoms. The average molecular weight is 194 g/mol. The van der Waals surface area contributed by atoms with E-state index in [0.717, 1.165) is 0 Å². The van der Waals surface area contributed by atoms with Gasteiger partial charge in [0.05, 0.1) is 0 Å². The number of nitrogens with one attached hydrogen (secondary N) is 2. The van der Waals surface area contributed by atoms with Crippen molar-refractivity contribution in [1.29, 1.82) is 0 Å². The first kappa shape index (κ1) is 10.8. The van der Waals surface area contributed by atoms with Crippen LogP contribution >= 0.6 is 12.2 Å². The van der Waals surface area contributed by atoms with E-state index in [1.807, 2.05) is 6.92 Å². The van der Waals surface area contributed by atoms with E-state index in [1.165, 1.54) is 0 Å². The van der Waals surface area contributed by atoms with E-state index in [2.05, 4.69) is 10.6 Å². The molecule has 0 saturated heterocycles. The molecule has 0 aliphatic heterocycles. The van der Waals surface area contributed by atoms with Crippen LogP contribution in [-0.2, 0) is 10.8 Å². The van der Waals surface area contributed by atoms with Crippen molar-refractivity contribution in [2.45, 2.75) is 13.0 Å². The van der Waals surface area contributed by atoms with Gasteiger partial charge in [-0.15, -0.1) is 0 Å². The van der Waals surface area contributed by atoms with Gasteiger partial charge in [0.2, 0.25) is 0 Å². The Labute approximate surface area is 75.4 Å². The summed E-state index contributed by atoms with van der Waals surface area (Å²) in [4.78, 5) is 0. The summed E-state index contributed by atoms with van der Waals surface area (Å²) in [5.74, 6) is 0.627. The zero-order valence-corrected chi connectivity index (χ0v) is 8.64. The third-order valence-electron chi connectivity index (χ3n) is 1.09. The lowest BCUT2D eigenvalue weighted by molar-refractivity contribution is 0.670. The van der Waals surface area contributed by atoms with E-state index in [9.17, 15) is 4.21 Å². The fraction of sp³-hybridized carbons (Fsp3) is 0.833. The second kappa shape index (κ2) is 5.49. The van der Waals surface area contributed by atoms with Crippen molar-refractivity contribution in [3.8, 4) is 0 Å². The smallest absolute Gasteiger partial charge is 0.166 e. The predicted molar refractivity (Wildman–Crippen MR) is 53.2 cm³/mol. The van der Waals surface area contributed by atoms with Gasteiger partial charge in [-0.1, -0.05) is 0 Å². The van der Waals surface area contributed by atoms with E-state index >= 15 is 0 Å². The largest absolute Gasteiger partial charge is 0.366 e. The van der Waals surface area contributed by atoms with Crippen LogP contribution in [-0.4, -0.2) is 34.4 Å². The number of hydrogen-bond acceptors (Lipinski definition) is 2. The van der Waals surface area contributed by atoms with Crippen molar-refractivity contribution < 1.29 is 4.21 Å². The van der Waals surface area contributed by atoms with Gasteiger partial charge in [0, 0.05) is 35.9 Å². The molecular formula is C6H14N2OS2. The minimum absolute atomic E-state index is 0.167. The highest BCUT2D eigenvalue weighted by atomic mass is 32.2. The number of thiocarbonyl (C=S) groups is 1. The molecule has 0 heterocycles. The highest BCUT2D eigenvalue weighted by molar-refractivity contribution is 7.84. The SMILES string of the molecule is CNC(=S)NC(C)CS(C)=O. The highest BCUT2D eigenvalue weighted by Crippen LogP contribution is 1.84. The summed E-state index contributed by atoms with van der Waals surface area (Å²) in [6.45, 7) is 1.95. The molecule has 5 heteroatoms. The molecule has 0 bridgehead atoms. The molecule has 0 aromatic carbocycles. The van der Waals surface area contributed by atoms with E-state index in [1.54, 1.807) is 13.3 Å². The Balaban J connectivity index is 3.60. The first-order chi connectivity index (χ1) is 5.06. The summed E-state index contributed by atoms with van der Waals surface area (Å²) >= 11 is 4.86. The van der Waals surface area contributed by atoms with Gasteiger partial charge in [-0.2, -0.15) is 0 Å². The Kier molecular flexibility index (Phi) is 5.41. The molecule has 0 aliphatic carbocycles. The minimum Gasteiger partial charge on any atom is -0.366 e. The molecule has 0 aliphatic rings. The Morgan fingerprint density at radius 3 is 2.64 bits per heavy atom. The van der Waals surface area contributed by atoms with Crippen LogP contribution in [0, 0.1) is 0 Å². The van der Waals surface area contributed by atoms with Crippen molar-refractivity contribution in [2.75, 3.05) is 19.1 Å². The van der Waals surface area contributed by atoms with Gasteiger partial charge in [-0.3, -0.25) is 4.21 Å². The fourth-order valence-corrected chi connectivity index (χ4v) is 1.68. The van der Waals surface area contributed by atoms with Gasteiger partial charge in [0.1, 0.15) is 0 Å². The Morgan fingerprint density at radius 2 is 2.27 bits per heavy atom. The monoisotopic (exact) mass is 194 g/mol. The standard InChI is InChI=1S/C6H14N2OS2/c1-5(4-11(3)9)8-6(10)7-2/h5H,4H2,1-3H3,(H2,7,8,10). The molecule has 2 unspecified atom stereocenters. The molecule has 3 nitrogen and oxygen atoms in total. The number of hydrogen-bond donors (Lipinski definition) is 2. The van der Waals surface area contributed by atoms with Gasteiger partial charge < -0.3 is 10.6 Å². The molecular weight excluding hydrogens is 180 g/mol. The third kappa shape index (κ3) is 6.25. The van der Waals surface area contributed by atoms with Crippen molar-refractivity contribution in [2.24, 2.45) is 0 Å². The van der Waals surface area contributed by atoms with Gasteiger partial charge in [-0.05, 0) is 19.1 Å². The highest BCUT2D eigenvalue weighted by Gasteiger charge is 2.03. The molecule has 2 N–H and O–H groups in total. The normalized spacial score (nSPS) is 15.2. The van der Waals surface area contributed by atoms with Crippen molar-refractivity contribution in [3.05, 3.63) is 0 Å². The molecule has 11 heavy (non-hydrogen) atoms. The average Bonchev–Trinajstić information content (AvgIpc) is 1.85. The van der Waals surface area contributed by atoms with E-state index in [4.69, 9.17) is 12.2 Å². The number of rotatable bonds is 3. The van der Waals surface area contributed by atoms with Gasteiger partial charge in [-0.25, -0.2) is 0 Å². The Morgan fingerprint density at radius 1 is 1.73 bits per heavy atom. The molecule has 0 amide bonds. The second-order valence-electron chi connectivity index (χ2n) is 2.36. The topological polar surface area (TPSA) is 41.1 Å². The predicted octanol–water partition coefficient (Wildman–Crippen LogP) is -0.153. The fourth-order valence-electron chi connectivity index (χ4n) is 0.690. The van der Waals surface area contributed by atoms with Crippen LogP contribution in [0.2, 0.25) is 0 Å². The first-order valence-corrected chi connectivity index (χ1v) is 5.48. The molecule has 66 valence electrons. The zero-order valence-electron chi connectivity index (χ0n) is 7.01. The lowest BCUT2D eigenvalue weighted by atomic mass is 10.4. The molecule has 2 atom stereocenters. The lowest BCUT2D eigenvalue weighted by Crippen LogP contribution is -2.41. The first-order valence-electron chi connectivity index (χ1n) is 3.34. The van der Waals surface area contributed by atoms with Crippen LogP contribution < -0.4 is 10.6 Å². The van der Waals surface area contributed by atoms with Crippen LogP contribution in [0.1, 0.15) is 6.92 Å². The summed E-state index contributed by atoms with van der Waals surface area (Å²) in [6.07, 6.45) is 1.68. The van der Waals surface area contributed by atoms with Crippen molar-refractivity contribution in [1.82, 2.24) is 10.6 Å². The molecule has 0 fully saturated rings. The molecule has 0 aromatic heterocycles. The molecule has 0 saturated carbocycles. The van der Waals surface area contributed by atoms with Gasteiger partial charge in [0.25, 0.3) is 0 Å². The van der Waals surface area contributed by atoms with Crippen molar-refractivity contribution >= 4 is 28.1 Å². The summed E-state index contributed by atoms with van der Waals surface area (Å²) < 4.78 is 10.7. The van der Waals surface area contributed by atoms with E-state index in [-0.39, 0.29) is 6.04 Å². The maximum absolute atomic E-state index is 10.7. The van der Waals surface area contributed by atoms with Crippen LogP contribution in [0.15, 0.2) is 0 Å². The van der Waals surface area contributed by atoms with Gasteiger partial charge in [0.15, 0.2) is 5.11 Å². The minimum atomic E-state index is -0.764. The van der Waals surface area contributed by atoms with Crippen LogP contribution in [0.25, 0.3) is 0 Å². The lowest BCUT2D eigenvalue weighted by Gasteiger charge is -2.13. The third-order valence-corrected chi connectivity index (χ3v) is 2.38. The summed E-state index contributed by atoms with van der Waals surface area (Å²) in [5, 5.41) is 6.38. The Hall–Kier alpha value is -0.160. The van der Waals surface area contributed by atoms with Crippen LogP contribution in [0.3, 0.4) is 0 Å². The zero-order chi connectivity index (χ0) is 8.85.